The summed E-state index contributed by atoms with van der Waals surface area (Å²) in [6.07, 6.45) is 7.06. The predicted molar refractivity (Wildman–Crippen MR) is 105 cm³/mol. The second-order valence-corrected chi connectivity index (χ2v) is 6.32. The number of anilines is 2. The van der Waals surface area contributed by atoms with E-state index in [9.17, 15) is 0 Å². The van der Waals surface area contributed by atoms with E-state index < -0.39 is 0 Å². The summed E-state index contributed by atoms with van der Waals surface area (Å²) in [6.45, 7) is 1.68. The van der Waals surface area contributed by atoms with E-state index in [1.54, 1.807) is 23.9 Å². The van der Waals surface area contributed by atoms with Crippen LogP contribution in [0.25, 0.3) is 16.9 Å². The van der Waals surface area contributed by atoms with Crippen molar-refractivity contribution in [2.45, 2.75) is 13.1 Å². The fraction of sp³-hybridized carbons (Fsp3) is 0.222. The van der Waals surface area contributed by atoms with Crippen molar-refractivity contribution >= 4 is 17.2 Å². The average Bonchev–Trinajstić information content (AvgIpc) is 3.35. The van der Waals surface area contributed by atoms with Crippen LogP contribution in [-0.4, -0.2) is 43.1 Å². The van der Waals surface area contributed by atoms with Gasteiger partial charge in [0, 0.05) is 25.1 Å². The van der Waals surface area contributed by atoms with E-state index in [-0.39, 0.29) is 0 Å². The zero-order chi connectivity index (χ0) is 19.5. The molecule has 0 aliphatic heterocycles. The van der Waals surface area contributed by atoms with E-state index in [0.29, 0.717) is 31.2 Å². The number of nitrogens with two attached hydrogens (primary N) is 2. The summed E-state index contributed by atoms with van der Waals surface area (Å²) in [7, 11) is 1.66. The molecule has 0 aliphatic rings. The molecule has 10 heteroatoms. The van der Waals surface area contributed by atoms with Crippen LogP contribution in [0.2, 0.25) is 0 Å². The van der Waals surface area contributed by atoms with Gasteiger partial charge in [-0.05, 0) is 23.8 Å². The summed E-state index contributed by atoms with van der Waals surface area (Å²) in [5.74, 6) is 6.77. The zero-order valence-electron chi connectivity index (χ0n) is 15.4. The van der Waals surface area contributed by atoms with Crippen LogP contribution < -0.4 is 16.6 Å². The lowest BCUT2D eigenvalue weighted by Gasteiger charge is -2.20. The molecule has 4 aromatic heterocycles. The molecular weight excluding hydrogens is 358 g/mol. The monoisotopic (exact) mass is 379 g/mol. The summed E-state index contributed by atoms with van der Waals surface area (Å²) in [5, 5.41) is 9.99. The number of methoxy groups -OCH3 is 1. The third-order valence-electron chi connectivity index (χ3n) is 4.32. The molecule has 0 saturated carbocycles. The standard InChI is InChI=1S/C18H21N9O/c1-28-7-6-25-11-14(8-22-25)16-4-3-15(19)18(24-16)26(20)9-13-2-5-17-21-12-23-27(17)10-13/h2-5,8,10-12H,6-7,9,19-20H2,1H3. The Morgan fingerprint density at radius 2 is 2.04 bits per heavy atom. The Kier molecular flexibility index (Phi) is 4.87. The lowest BCUT2D eigenvalue weighted by atomic mass is 10.2. The first-order valence-electron chi connectivity index (χ1n) is 8.73. The molecular formula is C18H21N9O. The van der Waals surface area contributed by atoms with Crippen LogP contribution >= 0.6 is 0 Å². The number of hydrogen-bond acceptors (Lipinski definition) is 8. The third kappa shape index (κ3) is 3.63. The number of nitrogens with zero attached hydrogens (tertiary/aromatic N) is 7. The Morgan fingerprint density at radius 1 is 1.14 bits per heavy atom. The van der Waals surface area contributed by atoms with Gasteiger partial charge in [0.2, 0.25) is 0 Å². The van der Waals surface area contributed by atoms with Crippen molar-refractivity contribution in [3.63, 3.8) is 0 Å². The van der Waals surface area contributed by atoms with Crippen LogP contribution in [0.4, 0.5) is 11.5 Å². The molecule has 4 N–H and O–H groups in total. The minimum Gasteiger partial charge on any atom is -0.396 e. The van der Waals surface area contributed by atoms with Crippen LogP contribution in [0.5, 0.6) is 0 Å². The van der Waals surface area contributed by atoms with Crippen molar-refractivity contribution in [2.75, 3.05) is 24.5 Å². The highest BCUT2D eigenvalue weighted by Crippen LogP contribution is 2.25. The maximum atomic E-state index is 6.27. The van der Waals surface area contributed by atoms with Gasteiger partial charge in [0.15, 0.2) is 11.5 Å². The molecule has 0 amide bonds. The summed E-state index contributed by atoms with van der Waals surface area (Å²) < 4.78 is 8.59. The first-order valence-corrected chi connectivity index (χ1v) is 8.73. The molecule has 0 saturated heterocycles. The number of hydrazine groups is 1. The highest BCUT2D eigenvalue weighted by molar-refractivity contribution is 5.69. The van der Waals surface area contributed by atoms with Crippen molar-refractivity contribution < 1.29 is 4.74 Å². The van der Waals surface area contributed by atoms with Crippen molar-refractivity contribution in [2.24, 2.45) is 5.84 Å². The maximum Gasteiger partial charge on any atom is 0.166 e. The molecule has 4 rings (SSSR count). The molecule has 0 radical (unpaired) electrons. The molecule has 0 aliphatic carbocycles. The van der Waals surface area contributed by atoms with Crippen LogP contribution in [0.3, 0.4) is 0 Å². The molecule has 0 unspecified atom stereocenters. The summed E-state index contributed by atoms with van der Waals surface area (Å²) in [4.78, 5) is 8.78. The van der Waals surface area contributed by atoms with Gasteiger partial charge >= 0.3 is 0 Å². The van der Waals surface area contributed by atoms with E-state index in [1.165, 1.54) is 11.3 Å². The van der Waals surface area contributed by atoms with Crippen LogP contribution in [0.15, 0.2) is 49.2 Å². The number of aromatic nitrogens is 6. The van der Waals surface area contributed by atoms with Crippen LogP contribution in [0, 0.1) is 0 Å². The topological polar surface area (TPSA) is 125 Å². The summed E-state index contributed by atoms with van der Waals surface area (Å²) >= 11 is 0. The highest BCUT2D eigenvalue weighted by atomic mass is 16.5. The molecule has 0 fully saturated rings. The molecule has 4 aromatic rings. The molecule has 10 nitrogen and oxygen atoms in total. The Bertz CT molecular complexity index is 1090. The van der Waals surface area contributed by atoms with Gasteiger partial charge in [-0.3, -0.25) is 9.69 Å². The fourth-order valence-corrected chi connectivity index (χ4v) is 2.88. The van der Waals surface area contributed by atoms with Gasteiger partial charge in [-0.2, -0.15) is 10.2 Å². The Hall–Kier alpha value is -3.50. The van der Waals surface area contributed by atoms with Gasteiger partial charge in [-0.15, -0.1) is 0 Å². The van der Waals surface area contributed by atoms with Gasteiger partial charge in [-0.1, -0.05) is 6.07 Å². The van der Waals surface area contributed by atoms with Crippen molar-refractivity contribution in [1.82, 2.24) is 29.4 Å². The first-order chi connectivity index (χ1) is 13.6. The lowest BCUT2D eigenvalue weighted by molar-refractivity contribution is 0.183. The van der Waals surface area contributed by atoms with Crippen molar-refractivity contribution in [3.05, 3.63) is 54.7 Å². The molecule has 0 aromatic carbocycles. The highest BCUT2D eigenvalue weighted by Gasteiger charge is 2.13. The molecule has 0 spiro atoms. The van der Waals surface area contributed by atoms with Gasteiger partial charge in [0.25, 0.3) is 0 Å². The number of pyridine rings is 2. The Morgan fingerprint density at radius 3 is 2.89 bits per heavy atom. The maximum absolute atomic E-state index is 6.27. The predicted octanol–water partition coefficient (Wildman–Crippen LogP) is 1.10. The first kappa shape index (κ1) is 17.9. The largest absolute Gasteiger partial charge is 0.396 e. The Balaban J connectivity index is 1.56. The lowest BCUT2D eigenvalue weighted by Crippen LogP contribution is -2.32. The van der Waals surface area contributed by atoms with Gasteiger partial charge in [0.05, 0.1) is 37.3 Å². The normalized spacial score (nSPS) is 11.2. The zero-order valence-corrected chi connectivity index (χ0v) is 15.4. The second-order valence-electron chi connectivity index (χ2n) is 6.32. The van der Waals surface area contributed by atoms with E-state index in [0.717, 1.165) is 22.5 Å². The van der Waals surface area contributed by atoms with Crippen molar-refractivity contribution in [3.8, 4) is 11.3 Å². The molecule has 4 heterocycles. The Labute approximate surface area is 161 Å². The minimum absolute atomic E-state index is 0.420. The van der Waals surface area contributed by atoms with Gasteiger partial charge in [0.1, 0.15) is 6.33 Å². The van der Waals surface area contributed by atoms with Gasteiger partial charge < -0.3 is 10.5 Å². The fourth-order valence-electron chi connectivity index (χ4n) is 2.88. The van der Waals surface area contributed by atoms with E-state index in [2.05, 4.69) is 20.2 Å². The number of ether oxygens (including phenoxy) is 1. The number of hydrogen-bond donors (Lipinski definition) is 2. The van der Waals surface area contributed by atoms with E-state index in [1.807, 2.05) is 35.3 Å². The van der Waals surface area contributed by atoms with E-state index >= 15 is 0 Å². The smallest absolute Gasteiger partial charge is 0.166 e. The SMILES string of the molecule is COCCn1cc(-c2ccc(N)c(N(N)Cc3ccc4ncnn4c3)n2)cn1. The molecule has 0 bridgehead atoms. The molecule has 0 atom stereocenters. The van der Waals surface area contributed by atoms with Crippen LogP contribution in [-0.2, 0) is 17.8 Å². The molecule has 28 heavy (non-hydrogen) atoms. The van der Waals surface area contributed by atoms with Gasteiger partial charge in [-0.25, -0.2) is 20.3 Å². The molecule has 144 valence electrons. The number of fused-ring (bicyclic) bond motifs is 1. The van der Waals surface area contributed by atoms with Crippen LogP contribution in [0.1, 0.15) is 5.56 Å². The van der Waals surface area contributed by atoms with Crippen molar-refractivity contribution in [1.29, 1.82) is 0 Å². The number of nitrogen functional groups attached to an aromatic ring is 1. The number of rotatable bonds is 7. The summed E-state index contributed by atoms with van der Waals surface area (Å²) in [6, 6.07) is 7.48. The third-order valence-corrected chi connectivity index (χ3v) is 4.32. The second kappa shape index (κ2) is 7.62. The minimum atomic E-state index is 0.420. The summed E-state index contributed by atoms with van der Waals surface area (Å²) in [5.41, 5.74) is 9.98. The quantitative estimate of drug-likeness (QED) is 0.361. The average molecular weight is 379 g/mol. The van der Waals surface area contributed by atoms with E-state index in [4.69, 9.17) is 16.3 Å².